The van der Waals surface area contributed by atoms with Crippen molar-refractivity contribution in [2.75, 3.05) is 13.2 Å². The molecule has 0 bridgehead atoms. The number of nitrogens with zero attached hydrogens (tertiary/aromatic N) is 1. The molecule has 3 rings (SSSR count). The lowest BCUT2D eigenvalue weighted by Gasteiger charge is -2.29. The quantitative estimate of drug-likeness (QED) is 0.281. The molecule has 0 aliphatic rings. The van der Waals surface area contributed by atoms with Gasteiger partial charge in [0.2, 0.25) is 5.91 Å². The minimum Gasteiger partial charge on any atom is -0.483 e. The van der Waals surface area contributed by atoms with Crippen molar-refractivity contribution in [2.24, 2.45) is 0 Å². The lowest BCUT2D eigenvalue weighted by Crippen LogP contribution is -2.49. The Balaban J connectivity index is 1.78. The number of halogens is 3. The van der Waals surface area contributed by atoms with Crippen LogP contribution in [-0.2, 0) is 16.1 Å². The van der Waals surface area contributed by atoms with Crippen LogP contribution in [0, 0.1) is 0 Å². The molecule has 3 aromatic carbocycles. The molecular formula is C26H27BrCl2N2O3. The summed E-state index contributed by atoms with van der Waals surface area (Å²) in [5, 5.41) is 5.77. The van der Waals surface area contributed by atoms with E-state index in [2.05, 4.69) is 28.2 Å². The predicted molar refractivity (Wildman–Crippen MR) is 142 cm³/mol. The first-order chi connectivity index (χ1) is 16.3. The van der Waals surface area contributed by atoms with Gasteiger partial charge in [-0.2, -0.15) is 0 Å². The van der Waals surface area contributed by atoms with Crippen LogP contribution in [0.15, 0.2) is 59.1 Å². The molecule has 3 aromatic rings. The molecule has 180 valence electrons. The van der Waals surface area contributed by atoms with Gasteiger partial charge in [-0.25, -0.2) is 0 Å². The Morgan fingerprint density at radius 2 is 1.85 bits per heavy atom. The van der Waals surface area contributed by atoms with Crippen molar-refractivity contribution in [3.05, 3.63) is 74.7 Å². The van der Waals surface area contributed by atoms with E-state index in [0.717, 1.165) is 33.7 Å². The Hall–Kier alpha value is -2.28. The van der Waals surface area contributed by atoms with E-state index >= 15 is 0 Å². The smallest absolute Gasteiger partial charge is 0.261 e. The van der Waals surface area contributed by atoms with E-state index in [4.69, 9.17) is 27.9 Å². The van der Waals surface area contributed by atoms with Crippen LogP contribution in [0.2, 0.25) is 10.0 Å². The number of carbonyl (C=O) groups is 2. The van der Waals surface area contributed by atoms with Crippen LogP contribution in [0.1, 0.15) is 32.3 Å². The Bertz CT molecular complexity index is 1170. The number of fused-ring (bicyclic) bond motifs is 1. The Kier molecular flexibility index (Phi) is 9.63. The Morgan fingerprint density at radius 1 is 1.09 bits per heavy atom. The second-order valence-corrected chi connectivity index (χ2v) is 9.59. The van der Waals surface area contributed by atoms with E-state index in [1.54, 1.807) is 25.1 Å². The average molecular weight is 566 g/mol. The maximum atomic E-state index is 13.3. The summed E-state index contributed by atoms with van der Waals surface area (Å²) in [5.41, 5.74) is 0.767. The van der Waals surface area contributed by atoms with Crippen molar-refractivity contribution in [3.8, 4) is 5.75 Å². The fourth-order valence-corrected chi connectivity index (χ4v) is 4.43. The van der Waals surface area contributed by atoms with Gasteiger partial charge in [-0.1, -0.05) is 72.9 Å². The zero-order chi connectivity index (χ0) is 24.7. The van der Waals surface area contributed by atoms with Crippen molar-refractivity contribution < 1.29 is 14.3 Å². The lowest BCUT2D eigenvalue weighted by molar-refractivity contribution is -0.142. The highest BCUT2D eigenvalue weighted by molar-refractivity contribution is 9.10. The van der Waals surface area contributed by atoms with Gasteiger partial charge in [-0.3, -0.25) is 9.59 Å². The third-order valence-corrected chi connectivity index (χ3v) is 7.07. The first kappa shape index (κ1) is 26.3. The number of carbonyl (C=O) groups excluding carboxylic acids is 2. The van der Waals surface area contributed by atoms with Gasteiger partial charge >= 0.3 is 0 Å². The van der Waals surface area contributed by atoms with Crippen LogP contribution in [0.25, 0.3) is 10.8 Å². The molecule has 0 aromatic heterocycles. The molecule has 0 aliphatic heterocycles. The van der Waals surface area contributed by atoms with Crippen LogP contribution in [0.4, 0.5) is 0 Å². The predicted octanol–water partition coefficient (Wildman–Crippen LogP) is 6.62. The monoisotopic (exact) mass is 564 g/mol. The molecule has 0 unspecified atom stereocenters. The highest BCUT2D eigenvalue weighted by Crippen LogP contribution is 2.33. The summed E-state index contributed by atoms with van der Waals surface area (Å²) in [5.74, 6) is 0.0274. The summed E-state index contributed by atoms with van der Waals surface area (Å²) < 4.78 is 6.66. The highest BCUT2D eigenvalue weighted by atomic mass is 79.9. The zero-order valence-corrected chi connectivity index (χ0v) is 22.2. The number of amides is 2. The first-order valence-electron chi connectivity index (χ1n) is 11.1. The van der Waals surface area contributed by atoms with E-state index in [-0.39, 0.29) is 25.0 Å². The molecule has 0 spiro atoms. The van der Waals surface area contributed by atoms with E-state index in [9.17, 15) is 9.59 Å². The normalized spacial score (nSPS) is 11.8. The second kappa shape index (κ2) is 12.4. The minimum absolute atomic E-state index is 0.195. The SMILES string of the molecule is CCCCNC(=O)[C@@H](C)N(Cc1ccc(Cl)c(Cl)c1)C(=O)COc1ccc2ccccc2c1Br. The lowest BCUT2D eigenvalue weighted by atomic mass is 10.1. The van der Waals surface area contributed by atoms with Crippen molar-refractivity contribution in [1.29, 1.82) is 0 Å². The van der Waals surface area contributed by atoms with Crippen molar-refractivity contribution in [3.63, 3.8) is 0 Å². The third-order valence-electron chi connectivity index (χ3n) is 5.51. The standard InChI is InChI=1S/C26H27BrCl2N2O3/c1-3-4-13-30-26(33)17(2)31(15-18-9-11-21(28)22(29)14-18)24(32)16-34-23-12-10-19-7-5-6-8-20(19)25(23)27/h5-12,14,17H,3-4,13,15-16H2,1-2H3,(H,30,33)/t17-/m1/s1. The van der Waals surface area contributed by atoms with Gasteiger partial charge in [-0.15, -0.1) is 0 Å². The summed E-state index contributed by atoms with van der Waals surface area (Å²) in [4.78, 5) is 27.5. The van der Waals surface area contributed by atoms with Crippen LogP contribution in [0.5, 0.6) is 5.75 Å². The van der Waals surface area contributed by atoms with Crippen LogP contribution >= 0.6 is 39.1 Å². The van der Waals surface area contributed by atoms with Crippen molar-refractivity contribution >= 4 is 61.7 Å². The van der Waals surface area contributed by atoms with Crippen LogP contribution in [-0.4, -0.2) is 35.9 Å². The molecular weight excluding hydrogens is 539 g/mol. The van der Waals surface area contributed by atoms with Gasteiger partial charge in [0.05, 0.1) is 14.5 Å². The van der Waals surface area contributed by atoms with Crippen molar-refractivity contribution in [1.82, 2.24) is 10.2 Å². The number of benzene rings is 3. The molecule has 0 fully saturated rings. The third kappa shape index (κ3) is 6.65. The topological polar surface area (TPSA) is 58.6 Å². The molecule has 8 heteroatoms. The van der Waals surface area contributed by atoms with Gasteiger partial charge in [-0.05, 0) is 63.8 Å². The van der Waals surface area contributed by atoms with Gasteiger partial charge in [0.1, 0.15) is 11.8 Å². The molecule has 0 saturated heterocycles. The summed E-state index contributed by atoms with van der Waals surface area (Å²) >= 11 is 15.8. The molecule has 0 radical (unpaired) electrons. The van der Waals surface area contributed by atoms with E-state index in [1.165, 1.54) is 4.90 Å². The maximum absolute atomic E-state index is 13.3. The molecule has 1 atom stereocenters. The molecule has 34 heavy (non-hydrogen) atoms. The summed E-state index contributed by atoms with van der Waals surface area (Å²) in [6, 6.07) is 16.1. The number of rotatable bonds is 10. The summed E-state index contributed by atoms with van der Waals surface area (Å²) in [6.07, 6.45) is 1.84. The number of ether oxygens (including phenoxy) is 1. The largest absolute Gasteiger partial charge is 0.483 e. The fourth-order valence-electron chi connectivity index (χ4n) is 3.50. The molecule has 2 amide bonds. The highest BCUT2D eigenvalue weighted by Gasteiger charge is 2.26. The number of nitrogens with one attached hydrogen (secondary N) is 1. The number of unbranched alkanes of at least 4 members (excludes halogenated alkanes) is 1. The molecule has 0 heterocycles. The van der Waals surface area contributed by atoms with E-state index in [1.807, 2.05) is 36.4 Å². The van der Waals surface area contributed by atoms with Gasteiger partial charge in [0, 0.05) is 13.1 Å². The maximum Gasteiger partial charge on any atom is 0.261 e. The zero-order valence-electron chi connectivity index (χ0n) is 19.1. The number of hydrogen-bond acceptors (Lipinski definition) is 3. The van der Waals surface area contributed by atoms with E-state index in [0.29, 0.717) is 22.3 Å². The molecule has 0 aliphatic carbocycles. The second-order valence-electron chi connectivity index (χ2n) is 7.98. The van der Waals surface area contributed by atoms with E-state index < -0.39 is 6.04 Å². The molecule has 0 saturated carbocycles. The van der Waals surface area contributed by atoms with Gasteiger partial charge in [0.15, 0.2) is 6.61 Å². The van der Waals surface area contributed by atoms with Crippen LogP contribution in [0.3, 0.4) is 0 Å². The fraction of sp³-hybridized carbons (Fsp3) is 0.308. The average Bonchev–Trinajstić information content (AvgIpc) is 2.84. The van der Waals surface area contributed by atoms with Gasteiger partial charge < -0.3 is 15.0 Å². The summed E-state index contributed by atoms with van der Waals surface area (Å²) in [6.45, 7) is 4.31. The molecule has 1 N–H and O–H groups in total. The Labute approximate surface area is 218 Å². The first-order valence-corrected chi connectivity index (χ1v) is 12.7. The minimum atomic E-state index is -0.692. The molecule has 5 nitrogen and oxygen atoms in total. The van der Waals surface area contributed by atoms with Crippen molar-refractivity contribution in [2.45, 2.75) is 39.3 Å². The van der Waals surface area contributed by atoms with Gasteiger partial charge in [0.25, 0.3) is 5.91 Å². The van der Waals surface area contributed by atoms with Crippen LogP contribution < -0.4 is 10.1 Å². The number of hydrogen-bond donors (Lipinski definition) is 1. The summed E-state index contributed by atoms with van der Waals surface area (Å²) in [7, 11) is 0. The Morgan fingerprint density at radius 3 is 2.59 bits per heavy atom.